The third-order valence-electron chi connectivity index (χ3n) is 3.36. The van der Waals surface area contributed by atoms with Gasteiger partial charge in [-0.15, -0.1) is 0 Å². The first kappa shape index (κ1) is 15.8. The summed E-state index contributed by atoms with van der Waals surface area (Å²) in [6, 6.07) is 5.25. The first-order valence-corrected chi connectivity index (χ1v) is 6.97. The Labute approximate surface area is 128 Å². The second-order valence-corrected chi connectivity index (χ2v) is 4.87. The normalized spacial score (nSPS) is 17.9. The van der Waals surface area contributed by atoms with Gasteiger partial charge in [0.25, 0.3) is 5.91 Å². The topological polar surface area (TPSA) is 89.0 Å². The summed E-state index contributed by atoms with van der Waals surface area (Å²) in [4.78, 5) is 23.5. The van der Waals surface area contributed by atoms with E-state index in [0.717, 1.165) is 6.42 Å². The summed E-state index contributed by atoms with van der Waals surface area (Å²) in [6.07, 6.45) is 2.81. The van der Waals surface area contributed by atoms with Crippen LogP contribution in [0.2, 0.25) is 0 Å². The number of amides is 2. The predicted octanol–water partition coefficient (Wildman–Crippen LogP) is 0.680. The lowest BCUT2D eigenvalue weighted by molar-refractivity contribution is -0.136. The first-order valence-electron chi connectivity index (χ1n) is 6.97. The van der Waals surface area contributed by atoms with Crippen LogP contribution in [0.15, 0.2) is 23.3 Å². The number of rotatable bonds is 5. The van der Waals surface area contributed by atoms with Crippen LogP contribution >= 0.6 is 0 Å². The molecule has 0 aliphatic carbocycles. The highest BCUT2D eigenvalue weighted by atomic mass is 16.5. The van der Waals surface area contributed by atoms with Gasteiger partial charge < -0.3 is 14.8 Å². The molecule has 1 saturated heterocycles. The molecule has 0 aromatic heterocycles. The van der Waals surface area contributed by atoms with E-state index in [1.807, 2.05) is 0 Å². The number of hydrogen-bond donors (Lipinski definition) is 2. The molecule has 1 atom stereocenters. The largest absolute Gasteiger partial charge is 0.497 e. The maximum Gasteiger partial charge on any atom is 0.252 e. The van der Waals surface area contributed by atoms with E-state index in [9.17, 15) is 9.59 Å². The second kappa shape index (κ2) is 7.44. The Bertz CT molecular complexity index is 564. The Morgan fingerprint density at radius 3 is 2.59 bits per heavy atom. The van der Waals surface area contributed by atoms with E-state index in [-0.39, 0.29) is 5.91 Å². The number of methoxy groups -OCH3 is 2. The molecular weight excluding hydrogens is 286 g/mol. The van der Waals surface area contributed by atoms with Crippen molar-refractivity contribution >= 4 is 18.0 Å². The molecule has 7 nitrogen and oxygen atoms in total. The zero-order chi connectivity index (χ0) is 15.9. The number of nitrogens with one attached hydrogen (secondary N) is 2. The number of carbonyl (C=O) groups excluding carboxylic acids is 2. The average molecular weight is 305 g/mol. The number of ether oxygens (including phenoxy) is 2. The average Bonchev–Trinajstić information content (AvgIpc) is 2.54. The van der Waals surface area contributed by atoms with Gasteiger partial charge in [0.2, 0.25) is 5.91 Å². The number of hydrazone groups is 1. The van der Waals surface area contributed by atoms with Crippen LogP contribution in [-0.2, 0) is 9.59 Å². The van der Waals surface area contributed by atoms with Gasteiger partial charge >= 0.3 is 0 Å². The van der Waals surface area contributed by atoms with Crippen LogP contribution in [0, 0.1) is 5.92 Å². The van der Waals surface area contributed by atoms with E-state index in [4.69, 9.17) is 9.47 Å². The van der Waals surface area contributed by atoms with Crippen LogP contribution < -0.4 is 20.2 Å². The number of piperidine rings is 1. The van der Waals surface area contributed by atoms with Gasteiger partial charge in [-0.2, -0.15) is 5.10 Å². The Balaban J connectivity index is 1.99. The van der Waals surface area contributed by atoms with Gasteiger partial charge in [0.15, 0.2) is 0 Å². The Morgan fingerprint density at radius 1 is 1.32 bits per heavy atom. The minimum Gasteiger partial charge on any atom is -0.497 e. The number of carbonyl (C=O) groups is 2. The van der Waals surface area contributed by atoms with Gasteiger partial charge in [-0.25, -0.2) is 5.43 Å². The van der Waals surface area contributed by atoms with E-state index in [1.165, 1.54) is 6.21 Å². The third kappa shape index (κ3) is 3.97. The maximum absolute atomic E-state index is 11.9. The quantitative estimate of drug-likeness (QED) is 0.475. The van der Waals surface area contributed by atoms with Crippen molar-refractivity contribution in [2.24, 2.45) is 11.0 Å². The molecular formula is C15H19N3O4. The summed E-state index contributed by atoms with van der Waals surface area (Å²) < 4.78 is 10.3. The summed E-state index contributed by atoms with van der Waals surface area (Å²) in [5, 5.41) is 6.55. The summed E-state index contributed by atoms with van der Waals surface area (Å²) in [5.41, 5.74) is 3.11. The Morgan fingerprint density at radius 2 is 2.00 bits per heavy atom. The minimum atomic E-state index is -0.675. The molecule has 0 radical (unpaired) electrons. The van der Waals surface area contributed by atoms with Crippen molar-refractivity contribution in [3.63, 3.8) is 0 Å². The van der Waals surface area contributed by atoms with Crippen LogP contribution in [-0.4, -0.2) is 38.8 Å². The van der Waals surface area contributed by atoms with E-state index in [2.05, 4.69) is 15.8 Å². The fourth-order valence-electron chi connectivity index (χ4n) is 2.17. The molecule has 1 fully saturated rings. The molecule has 118 valence electrons. The highest BCUT2D eigenvalue weighted by Crippen LogP contribution is 2.21. The smallest absolute Gasteiger partial charge is 0.252 e. The molecule has 1 unspecified atom stereocenters. The lowest BCUT2D eigenvalue weighted by Gasteiger charge is -2.19. The van der Waals surface area contributed by atoms with E-state index in [1.54, 1.807) is 32.4 Å². The van der Waals surface area contributed by atoms with Gasteiger partial charge in [-0.3, -0.25) is 9.59 Å². The molecule has 1 aromatic carbocycles. The van der Waals surface area contributed by atoms with Crippen molar-refractivity contribution in [2.45, 2.75) is 12.8 Å². The van der Waals surface area contributed by atoms with E-state index < -0.39 is 11.8 Å². The van der Waals surface area contributed by atoms with Crippen molar-refractivity contribution in [3.05, 3.63) is 23.8 Å². The van der Waals surface area contributed by atoms with Crippen LogP contribution in [0.1, 0.15) is 18.4 Å². The summed E-state index contributed by atoms with van der Waals surface area (Å²) >= 11 is 0. The summed E-state index contributed by atoms with van der Waals surface area (Å²) in [5.74, 6) is -0.0753. The monoisotopic (exact) mass is 305 g/mol. The summed E-state index contributed by atoms with van der Waals surface area (Å²) in [7, 11) is 3.11. The van der Waals surface area contributed by atoms with Crippen molar-refractivity contribution in [2.75, 3.05) is 20.8 Å². The molecule has 0 bridgehead atoms. The molecule has 7 heteroatoms. The number of hydrogen-bond acceptors (Lipinski definition) is 5. The predicted molar refractivity (Wildman–Crippen MR) is 81.0 cm³/mol. The first-order chi connectivity index (χ1) is 10.6. The standard InChI is InChI=1S/C15H19N3O4/c1-21-11-6-10(7-12(8-11)22-2)9-17-18-15(20)13-4-3-5-16-14(13)19/h6-9,13H,3-5H2,1-2H3,(H,16,19)(H,18,20)/b17-9+. The third-order valence-corrected chi connectivity index (χ3v) is 3.36. The fraction of sp³-hybridized carbons (Fsp3) is 0.400. The molecule has 2 amide bonds. The van der Waals surface area contributed by atoms with E-state index >= 15 is 0 Å². The van der Waals surface area contributed by atoms with Crippen LogP contribution in [0.4, 0.5) is 0 Å². The highest BCUT2D eigenvalue weighted by Gasteiger charge is 2.28. The van der Waals surface area contributed by atoms with Gasteiger partial charge in [0, 0.05) is 18.2 Å². The molecule has 2 N–H and O–H groups in total. The zero-order valence-electron chi connectivity index (χ0n) is 12.6. The van der Waals surface area contributed by atoms with Gasteiger partial charge in [0.05, 0.1) is 20.4 Å². The molecule has 1 heterocycles. The molecule has 1 aliphatic heterocycles. The lowest BCUT2D eigenvalue weighted by atomic mass is 9.98. The Hall–Kier alpha value is -2.57. The SMILES string of the molecule is COc1cc(/C=N/NC(=O)C2CCCNC2=O)cc(OC)c1. The van der Waals surface area contributed by atoms with Gasteiger partial charge in [-0.05, 0) is 25.0 Å². The van der Waals surface area contributed by atoms with Crippen LogP contribution in [0.3, 0.4) is 0 Å². The number of nitrogens with zero attached hydrogens (tertiary/aromatic N) is 1. The van der Waals surface area contributed by atoms with Crippen LogP contribution in [0.25, 0.3) is 0 Å². The molecule has 22 heavy (non-hydrogen) atoms. The molecule has 1 aliphatic rings. The minimum absolute atomic E-state index is 0.248. The summed E-state index contributed by atoms with van der Waals surface area (Å²) in [6.45, 7) is 0.621. The molecule has 1 aromatic rings. The molecule has 2 rings (SSSR count). The van der Waals surface area contributed by atoms with E-state index in [0.29, 0.717) is 30.0 Å². The van der Waals surface area contributed by atoms with Gasteiger partial charge in [0.1, 0.15) is 17.4 Å². The van der Waals surface area contributed by atoms with Gasteiger partial charge in [-0.1, -0.05) is 0 Å². The van der Waals surface area contributed by atoms with Crippen molar-refractivity contribution in [1.29, 1.82) is 0 Å². The van der Waals surface area contributed by atoms with Crippen LogP contribution in [0.5, 0.6) is 11.5 Å². The Kier molecular flexibility index (Phi) is 5.35. The molecule has 0 saturated carbocycles. The second-order valence-electron chi connectivity index (χ2n) is 4.87. The highest BCUT2D eigenvalue weighted by molar-refractivity contribution is 6.00. The lowest BCUT2D eigenvalue weighted by Crippen LogP contribution is -2.43. The fourth-order valence-corrected chi connectivity index (χ4v) is 2.17. The molecule has 0 spiro atoms. The van der Waals surface area contributed by atoms with Crippen molar-refractivity contribution in [3.8, 4) is 11.5 Å². The zero-order valence-corrected chi connectivity index (χ0v) is 12.6. The van der Waals surface area contributed by atoms with Crippen molar-refractivity contribution in [1.82, 2.24) is 10.7 Å². The number of benzene rings is 1. The van der Waals surface area contributed by atoms with Crippen molar-refractivity contribution < 1.29 is 19.1 Å². The maximum atomic E-state index is 11.9.